The normalized spacial score (nSPS) is 21.9. The summed E-state index contributed by atoms with van der Waals surface area (Å²) in [4.78, 5) is 10.5. The lowest BCUT2D eigenvalue weighted by Gasteiger charge is -2.19. The molecule has 1 heterocycles. The van der Waals surface area contributed by atoms with Crippen molar-refractivity contribution in [1.82, 2.24) is 5.32 Å². The molecule has 100 valence electrons. The van der Waals surface area contributed by atoms with Crippen LogP contribution in [0, 0.1) is 21.4 Å². The van der Waals surface area contributed by atoms with E-state index in [1.165, 1.54) is 18.2 Å². The van der Waals surface area contributed by atoms with Crippen LogP contribution in [0.3, 0.4) is 0 Å². The molecule has 2 atom stereocenters. The third-order valence-electron chi connectivity index (χ3n) is 3.12. The summed E-state index contributed by atoms with van der Waals surface area (Å²) in [6.07, 6.45) is -0.0506. The van der Waals surface area contributed by atoms with Gasteiger partial charge in [-0.2, -0.15) is 5.26 Å². The highest BCUT2D eigenvalue weighted by molar-refractivity contribution is 5.65. The van der Waals surface area contributed by atoms with Crippen LogP contribution in [0.4, 0.5) is 11.4 Å². The first kappa shape index (κ1) is 13.3. The van der Waals surface area contributed by atoms with E-state index in [9.17, 15) is 10.1 Å². The van der Waals surface area contributed by atoms with E-state index in [0.717, 1.165) is 0 Å². The monoisotopic (exact) mass is 262 g/mol. The summed E-state index contributed by atoms with van der Waals surface area (Å²) in [7, 11) is 1.60. The number of nitrogens with one attached hydrogen (secondary N) is 2. The number of hydrogen-bond acceptors (Lipinski definition) is 6. The highest BCUT2D eigenvalue weighted by Gasteiger charge is 2.28. The first-order valence-corrected chi connectivity index (χ1v) is 5.84. The van der Waals surface area contributed by atoms with Gasteiger partial charge >= 0.3 is 0 Å². The molecule has 0 saturated carbocycles. The summed E-state index contributed by atoms with van der Waals surface area (Å²) in [6, 6.07) is 6.18. The molecule has 19 heavy (non-hydrogen) atoms. The Morgan fingerprint density at radius 2 is 2.37 bits per heavy atom. The second-order valence-corrected chi connectivity index (χ2v) is 4.28. The minimum absolute atomic E-state index is 0.0410. The van der Waals surface area contributed by atoms with Crippen molar-refractivity contribution < 1.29 is 9.66 Å². The van der Waals surface area contributed by atoms with Crippen molar-refractivity contribution >= 4 is 11.4 Å². The Bertz CT molecular complexity index is 526. The summed E-state index contributed by atoms with van der Waals surface area (Å²) >= 11 is 0. The van der Waals surface area contributed by atoms with E-state index in [4.69, 9.17) is 10.00 Å². The Kier molecular flexibility index (Phi) is 3.94. The molecular weight excluding hydrogens is 248 g/mol. The molecular formula is C12H14N4O3. The van der Waals surface area contributed by atoms with Crippen LogP contribution in [0.25, 0.3) is 0 Å². The second-order valence-electron chi connectivity index (χ2n) is 4.28. The van der Waals surface area contributed by atoms with Crippen molar-refractivity contribution in [2.75, 3.05) is 25.5 Å². The van der Waals surface area contributed by atoms with Gasteiger partial charge in [-0.15, -0.1) is 0 Å². The van der Waals surface area contributed by atoms with Crippen LogP contribution in [0.5, 0.6) is 0 Å². The average molecular weight is 262 g/mol. The Labute approximate surface area is 110 Å². The summed E-state index contributed by atoms with van der Waals surface area (Å²) in [6.45, 7) is 1.35. The van der Waals surface area contributed by atoms with Gasteiger partial charge in [-0.05, 0) is 12.1 Å². The zero-order valence-electron chi connectivity index (χ0n) is 10.4. The van der Waals surface area contributed by atoms with Crippen LogP contribution in [-0.2, 0) is 4.74 Å². The fourth-order valence-electron chi connectivity index (χ4n) is 2.13. The topological polar surface area (TPSA) is 100 Å². The molecule has 7 nitrogen and oxygen atoms in total. The molecule has 1 aromatic carbocycles. The number of ether oxygens (including phenoxy) is 1. The van der Waals surface area contributed by atoms with Gasteiger partial charge in [-0.1, -0.05) is 0 Å². The molecule has 1 unspecified atom stereocenters. The van der Waals surface area contributed by atoms with Gasteiger partial charge in [0.2, 0.25) is 0 Å². The molecule has 0 spiro atoms. The number of rotatable bonds is 4. The van der Waals surface area contributed by atoms with Crippen molar-refractivity contribution in [3.8, 4) is 6.07 Å². The molecule has 1 fully saturated rings. The van der Waals surface area contributed by atoms with E-state index in [2.05, 4.69) is 10.6 Å². The largest absolute Gasteiger partial charge is 0.378 e. The number of hydrogen-bond donors (Lipinski definition) is 2. The minimum Gasteiger partial charge on any atom is -0.378 e. The quantitative estimate of drug-likeness (QED) is 0.616. The SMILES string of the molecule is CO[C@H]1CNCC1Nc1cc(C#N)ccc1[N+](=O)[O-]. The van der Waals surface area contributed by atoms with E-state index >= 15 is 0 Å². The maximum atomic E-state index is 11.0. The lowest BCUT2D eigenvalue weighted by Crippen LogP contribution is -2.33. The molecule has 2 N–H and O–H groups in total. The second kappa shape index (κ2) is 5.65. The first-order valence-electron chi connectivity index (χ1n) is 5.84. The lowest BCUT2D eigenvalue weighted by atomic mass is 10.1. The van der Waals surface area contributed by atoms with Crippen molar-refractivity contribution in [2.45, 2.75) is 12.1 Å². The summed E-state index contributed by atoms with van der Waals surface area (Å²) < 4.78 is 5.29. The molecule has 1 aliphatic heterocycles. The van der Waals surface area contributed by atoms with Crippen LogP contribution >= 0.6 is 0 Å². The average Bonchev–Trinajstić information content (AvgIpc) is 2.85. The number of methoxy groups -OCH3 is 1. The molecule has 1 aromatic rings. The molecule has 2 rings (SSSR count). The standard InChI is InChI=1S/C12H14N4O3/c1-19-12-7-14-6-10(12)15-9-4-8(5-13)2-3-11(9)16(17)18/h2-4,10,12,14-15H,6-7H2,1H3/t10?,12-/m0/s1. The Morgan fingerprint density at radius 1 is 1.58 bits per heavy atom. The van der Waals surface area contributed by atoms with E-state index in [-0.39, 0.29) is 17.8 Å². The third kappa shape index (κ3) is 2.81. The number of anilines is 1. The van der Waals surface area contributed by atoms with Crippen molar-refractivity contribution in [3.05, 3.63) is 33.9 Å². The number of benzene rings is 1. The summed E-state index contributed by atoms with van der Waals surface area (Å²) in [5.74, 6) is 0. The van der Waals surface area contributed by atoms with E-state index in [1.54, 1.807) is 7.11 Å². The summed E-state index contributed by atoms with van der Waals surface area (Å²) in [5, 5.41) is 26.1. The summed E-state index contributed by atoms with van der Waals surface area (Å²) in [5.41, 5.74) is 0.688. The fraction of sp³-hybridized carbons (Fsp3) is 0.417. The van der Waals surface area contributed by atoms with E-state index in [1.807, 2.05) is 6.07 Å². The molecule has 0 aliphatic carbocycles. The molecule has 0 amide bonds. The number of nitrogens with zero attached hydrogens (tertiary/aromatic N) is 2. The molecule has 0 aromatic heterocycles. The molecule has 7 heteroatoms. The van der Waals surface area contributed by atoms with Crippen LogP contribution in [0.1, 0.15) is 5.56 Å². The number of nitro benzene ring substituents is 1. The van der Waals surface area contributed by atoms with Crippen molar-refractivity contribution in [3.63, 3.8) is 0 Å². The van der Waals surface area contributed by atoms with Gasteiger partial charge < -0.3 is 15.4 Å². The highest BCUT2D eigenvalue weighted by atomic mass is 16.6. The van der Waals surface area contributed by atoms with Gasteiger partial charge in [0.25, 0.3) is 5.69 Å². The first-order chi connectivity index (χ1) is 9.15. The van der Waals surface area contributed by atoms with Crippen LogP contribution in [-0.4, -0.2) is 37.3 Å². The van der Waals surface area contributed by atoms with Crippen LogP contribution in [0.2, 0.25) is 0 Å². The van der Waals surface area contributed by atoms with Gasteiger partial charge in [-0.25, -0.2) is 0 Å². The smallest absolute Gasteiger partial charge is 0.292 e. The molecule has 1 aliphatic rings. The molecule has 0 bridgehead atoms. The lowest BCUT2D eigenvalue weighted by molar-refractivity contribution is -0.384. The van der Waals surface area contributed by atoms with E-state index < -0.39 is 4.92 Å². The zero-order valence-corrected chi connectivity index (χ0v) is 10.4. The van der Waals surface area contributed by atoms with Crippen molar-refractivity contribution in [2.24, 2.45) is 0 Å². The number of nitriles is 1. The van der Waals surface area contributed by atoms with Crippen LogP contribution < -0.4 is 10.6 Å². The van der Waals surface area contributed by atoms with Crippen LogP contribution in [0.15, 0.2) is 18.2 Å². The zero-order chi connectivity index (χ0) is 13.8. The van der Waals surface area contributed by atoms with Gasteiger partial charge in [0, 0.05) is 26.3 Å². The Balaban J connectivity index is 2.27. The predicted molar refractivity (Wildman–Crippen MR) is 68.9 cm³/mol. The number of nitro groups is 1. The minimum atomic E-state index is -0.465. The van der Waals surface area contributed by atoms with Gasteiger partial charge in [0.15, 0.2) is 0 Å². The van der Waals surface area contributed by atoms with Gasteiger partial charge in [-0.3, -0.25) is 10.1 Å². The maximum Gasteiger partial charge on any atom is 0.292 e. The molecule has 1 saturated heterocycles. The highest BCUT2D eigenvalue weighted by Crippen LogP contribution is 2.27. The fourth-order valence-corrected chi connectivity index (χ4v) is 2.13. The third-order valence-corrected chi connectivity index (χ3v) is 3.12. The Morgan fingerprint density at radius 3 is 3.00 bits per heavy atom. The maximum absolute atomic E-state index is 11.0. The van der Waals surface area contributed by atoms with Crippen molar-refractivity contribution in [1.29, 1.82) is 5.26 Å². The Hall–Kier alpha value is -2.17. The van der Waals surface area contributed by atoms with E-state index in [0.29, 0.717) is 24.3 Å². The molecule has 0 radical (unpaired) electrons. The predicted octanol–water partition coefficient (Wildman–Crippen LogP) is 0.865. The van der Waals surface area contributed by atoms with Gasteiger partial charge in [0.1, 0.15) is 5.69 Å². The van der Waals surface area contributed by atoms with Gasteiger partial charge in [0.05, 0.1) is 28.7 Å².